The molecule has 0 aliphatic rings. The van der Waals surface area contributed by atoms with E-state index >= 15 is 0 Å². The molecule has 0 radical (unpaired) electrons. The van der Waals surface area contributed by atoms with E-state index in [0.717, 1.165) is 17.0 Å². The highest BCUT2D eigenvalue weighted by Crippen LogP contribution is 2.26. The summed E-state index contributed by atoms with van der Waals surface area (Å²) in [6.45, 7) is 1.79. The Labute approximate surface area is 108 Å². The van der Waals surface area contributed by atoms with E-state index in [4.69, 9.17) is 9.52 Å². The highest BCUT2D eigenvalue weighted by Gasteiger charge is 2.06. The summed E-state index contributed by atoms with van der Waals surface area (Å²) in [5.74, 6) is 6.37. The Morgan fingerprint density at radius 3 is 3.18 bits per heavy atom. The molecule has 88 valence electrons. The lowest BCUT2D eigenvalue weighted by atomic mass is 10.3. The van der Waals surface area contributed by atoms with E-state index in [-0.39, 0.29) is 6.61 Å². The maximum absolute atomic E-state index is 8.67. The van der Waals surface area contributed by atoms with Gasteiger partial charge in [0.2, 0.25) is 0 Å². The molecule has 0 bridgehead atoms. The zero-order valence-electron chi connectivity index (χ0n) is 9.27. The number of hydrogen-bond donors (Lipinski definition) is 1. The fourth-order valence-corrected chi connectivity index (χ4v) is 3.02. The smallest absolute Gasteiger partial charge is 0.256 e. The summed E-state index contributed by atoms with van der Waals surface area (Å²) in [6, 6.07) is 1.96. The predicted molar refractivity (Wildman–Crippen MR) is 69.1 cm³/mol. The summed E-state index contributed by atoms with van der Waals surface area (Å²) >= 11 is 3.20. The van der Waals surface area contributed by atoms with E-state index in [9.17, 15) is 0 Å². The van der Waals surface area contributed by atoms with Gasteiger partial charge in [-0.15, -0.1) is 11.3 Å². The van der Waals surface area contributed by atoms with Gasteiger partial charge in [0, 0.05) is 16.2 Å². The maximum atomic E-state index is 8.67. The lowest BCUT2D eigenvalue weighted by Gasteiger charge is -1.95. The first kappa shape index (κ1) is 12.2. The Morgan fingerprint density at radius 1 is 1.59 bits per heavy atom. The van der Waals surface area contributed by atoms with Crippen molar-refractivity contribution in [3.05, 3.63) is 33.8 Å². The topological polar surface area (TPSA) is 46.3 Å². The third-order valence-electron chi connectivity index (χ3n) is 1.97. The summed E-state index contributed by atoms with van der Waals surface area (Å²) in [4.78, 5) is 5.40. The number of aliphatic hydroxyl groups excluding tert-OH is 1. The molecule has 0 fully saturated rings. The van der Waals surface area contributed by atoms with E-state index in [1.807, 2.05) is 18.4 Å². The number of hydrogen-bond acceptors (Lipinski definition) is 5. The van der Waals surface area contributed by atoms with Gasteiger partial charge in [-0.2, -0.15) is 0 Å². The summed E-state index contributed by atoms with van der Waals surface area (Å²) in [7, 11) is 0. The van der Waals surface area contributed by atoms with Gasteiger partial charge in [0.05, 0.1) is 5.69 Å². The molecule has 2 heterocycles. The molecule has 0 atom stereocenters. The van der Waals surface area contributed by atoms with Crippen LogP contribution in [0, 0.1) is 18.8 Å². The minimum absolute atomic E-state index is 0.110. The van der Waals surface area contributed by atoms with Crippen LogP contribution in [-0.2, 0) is 5.75 Å². The zero-order chi connectivity index (χ0) is 12.1. The van der Waals surface area contributed by atoms with E-state index in [1.165, 1.54) is 4.88 Å². The minimum atomic E-state index is -0.110. The van der Waals surface area contributed by atoms with Crippen molar-refractivity contribution < 1.29 is 9.52 Å². The van der Waals surface area contributed by atoms with Crippen LogP contribution in [0.1, 0.15) is 16.1 Å². The third kappa shape index (κ3) is 3.37. The number of aryl methyl sites for hydroxylation is 1. The Kier molecular flexibility index (Phi) is 4.26. The van der Waals surface area contributed by atoms with E-state index in [1.54, 1.807) is 29.4 Å². The number of thioether (sulfide) groups is 1. The average Bonchev–Trinajstić information content (AvgIpc) is 2.92. The summed E-state index contributed by atoms with van der Waals surface area (Å²) in [5.41, 5.74) is 1.86. The molecule has 2 rings (SSSR count). The quantitative estimate of drug-likeness (QED) is 0.684. The number of aliphatic hydroxyl groups is 1. The molecule has 2 aromatic heterocycles. The Balaban J connectivity index is 2.01. The SMILES string of the molecule is Cc1coc(SCc2sccc2C#CCO)n1. The Morgan fingerprint density at radius 2 is 2.47 bits per heavy atom. The van der Waals surface area contributed by atoms with Crippen LogP contribution < -0.4 is 0 Å². The number of aromatic nitrogens is 1. The Hall–Kier alpha value is -1.22. The molecule has 0 aromatic carbocycles. The van der Waals surface area contributed by atoms with Crippen LogP contribution in [-0.4, -0.2) is 16.7 Å². The van der Waals surface area contributed by atoms with Crippen LogP contribution >= 0.6 is 23.1 Å². The van der Waals surface area contributed by atoms with E-state index < -0.39 is 0 Å². The largest absolute Gasteiger partial charge is 0.440 e. The fraction of sp³-hybridized carbons (Fsp3) is 0.250. The standard InChI is InChI=1S/C12H11NO2S2/c1-9-7-15-12(13-9)17-8-11-10(3-2-5-14)4-6-16-11/h4,6-7,14H,5,8H2,1H3. The third-order valence-corrected chi connectivity index (χ3v) is 3.94. The van der Waals surface area contributed by atoms with Crippen molar-refractivity contribution in [2.75, 3.05) is 6.61 Å². The molecular weight excluding hydrogens is 254 g/mol. The van der Waals surface area contributed by atoms with Crippen molar-refractivity contribution in [1.29, 1.82) is 0 Å². The molecule has 0 saturated heterocycles. The second-order valence-electron chi connectivity index (χ2n) is 3.26. The van der Waals surface area contributed by atoms with Gasteiger partial charge in [-0.05, 0) is 18.4 Å². The van der Waals surface area contributed by atoms with Gasteiger partial charge in [-0.3, -0.25) is 0 Å². The zero-order valence-corrected chi connectivity index (χ0v) is 10.9. The number of nitrogens with zero attached hydrogens (tertiary/aromatic N) is 1. The molecular formula is C12H11NO2S2. The molecule has 3 nitrogen and oxygen atoms in total. The van der Waals surface area contributed by atoms with Crippen LogP contribution in [0.2, 0.25) is 0 Å². The first-order chi connectivity index (χ1) is 8.29. The first-order valence-electron chi connectivity index (χ1n) is 5.00. The summed E-state index contributed by atoms with van der Waals surface area (Å²) in [6.07, 6.45) is 1.64. The molecule has 0 unspecified atom stereocenters. The second-order valence-corrected chi connectivity index (χ2v) is 5.19. The van der Waals surface area contributed by atoms with Gasteiger partial charge in [0.15, 0.2) is 0 Å². The highest BCUT2D eigenvalue weighted by atomic mass is 32.2. The molecule has 1 N–H and O–H groups in total. The average molecular weight is 265 g/mol. The second kappa shape index (κ2) is 5.92. The molecule has 2 aromatic rings. The monoisotopic (exact) mass is 265 g/mol. The van der Waals surface area contributed by atoms with Crippen LogP contribution in [0.5, 0.6) is 0 Å². The first-order valence-corrected chi connectivity index (χ1v) is 6.87. The van der Waals surface area contributed by atoms with Crippen LogP contribution in [0.3, 0.4) is 0 Å². The van der Waals surface area contributed by atoms with Gasteiger partial charge in [0.1, 0.15) is 12.9 Å². The maximum Gasteiger partial charge on any atom is 0.256 e. The number of rotatable bonds is 3. The van der Waals surface area contributed by atoms with Crippen molar-refractivity contribution in [1.82, 2.24) is 4.98 Å². The fourth-order valence-electron chi connectivity index (χ4n) is 1.22. The van der Waals surface area contributed by atoms with Gasteiger partial charge in [0.25, 0.3) is 5.22 Å². The van der Waals surface area contributed by atoms with Gasteiger partial charge in [-0.1, -0.05) is 23.6 Å². The van der Waals surface area contributed by atoms with E-state index in [2.05, 4.69) is 16.8 Å². The molecule has 0 aliphatic heterocycles. The Bertz CT molecular complexity index is 548. The van der Waals surface area contributed by atoms with Crippen molar-refractivity contribution in [2.45, 2.75) is 17.9 Å². The highest BCUT2D eigenvalue weighted by molar-refractivity contribution is 7.98. The van der Waals surface area contributed by atoms with Crippen molar-refractivity contribution >= 4 is 23.1 Å². The van der Waals surface area contributed by atoms with Crippen molar-refractivity contribution in [3.63, 3.8) is 0 Å². The van der Waals surface area contributed by atoms with Crippen LogP contribution in [0.25, 0.3) is 0 Å². The van der Waals surface area contributed by atoms with Crippen LogP contribution in [0.15, 0.2) is 27.3 Å². The minimum Gasteiger partial charge on any atom is -0.440 e. The van der Waals surface area contributed by atoms with Gasteiger partial charge < -0.3 is 9.52 Å². The molecule has 5 heteroatoms. The van der Waals surface area contributed by atoms with Crippen molar-refractivity contribution in [2.24, 2.45) is 0 Å². The normalized spacial score (nSPS) is 10.0. The number of oxazole rings is 1. The predicted octanol–water partition coefficient (Wildman–Crippen LogP) is 2.68. The molecule has 0 amide bonds. The summed E-state index contributed by atoms with van der Waals surface area (Å²) < 4.78 is 5.26. The lowest BCUT2D eigenvalue weighted by molar-refractivity contribution is 0.350. The number of thiophene rings is 1. The summed E-state index contributed by atoms with van der Waals surface area (Å²) in [5, 5.41) is 11.3. The van der Waals surface area contributed by atoms with Crippen molar-refractivity contribution in [3.8, 4) is 11.8 Å². The van der Waals surface area contributed by atoms with Gasteiger partial charge >= 0.3 is 0 Å². The molecule has 0 aliphatic carbocycles. The lowest BCUT2D eigenvalue weighted by Crippen LogP contribution is -1.81. The molecule has 17 heavy (non-hydrogen) atoms. The molecule has 0 saturated carbocycles. The molecule has 0 spiro atoms. The van der Waals surface area contributed by atoms with Crippen LogP contribution in [0.4, 0.5) is 0 Å². The van der Waals surface area contributed by atoms with Gasteiger partial charge in [-0.25, -0.2) is 4.98 Å². The van der Waals surface area contributed by atoms with E-state index in [0.29, 0.717) is 5.22 Å².